The number of carboxylic acid groups (broad SMARTS) is 1. The Morgan fingerprint density at radius 3 is 2.76 bits per heavy atom. The zero-order valence-electron chi connectivity index (χ0n) is 12.7. The van der Waals surface area contributed by atoms with Gasteiger partial charge < -0.3 is 9.84 Å². The van der Waals surface area contributed by atoms with Crippen molar-refractivity contribution < 1.29 is 14.6 Å². The van der Waals surface area contributed by atoms with E-state index >= 15 is 0 Å². The van der Waals surface area contributed by atoms with Crippen molar-refractivity contribution in [1.82, 2.24) is 4.90 Å². The fourth-order valence-electron chi connectivity index (χ4n) is 3.20. The van der Waals surface area contributed by atoms with Crippen LogP contribution in [0.25, 0.3) is 0 Å². The zero-order valence-corrected chi connectivity index (χ0v) is 12.7. The molecule has 0 spiro atoms. The summed E-state index contributed by atoms with van der Waals surface area (Å²) in [5, 5.41) is 9.25. The molecule has 0 aromatic heterocycles. The van der Waals surface area contributed by atoms with Crippen LogP contribution < -0.4 is 4.74 Å². The average molecular weight is 289 g/mol. The molecular formula is C17H23NO3. The van der Waals surface area contributed by atoms with Crippen molar-refractivity contribution in [2.75, 3.05) is 13.1 Å². The molecule has 21 heavy (non-hydrogen) atoms. The molecule has 1 saturated carbocycles. The lowest BCUT2D eigenvalue weighted by Gasteiger charge is -2.42. The third-order valence-corrected chi connectivity index (χ3v) is 4.32. The summed E-state index contributed by atoms with van der Waals surface area (Å²) in [6.07, 6.45) is 3.28. The van der Waals surface area contributed by atoms with Gasteiger partial charge in [-0.15, -0.1) is 0 Å². The van der Waals surface area contributed by atoms with Gasteiger partial charge in [0, 0.05) is 24.6 Å². The summed E-state index contributed by atoms with van der Waals surface area (Å²) in [6.45, 7) is 5.13. The summed E-state index contributed by atoms with van der Waals surface area (Å²) in [4.78, 5) is 13.4. The molecule has 0 saturated heterocycles. The minimum absolute atomic E-state index is 0.103. The topological polar surface area (TPSA) is 49.8 Å². The smallest absolute Gasteiger partial charge is 0.317 e. The molecule has 1 aromatic carbocycles. The molecule has 1 fully saturated rings. The quantitative estimate of drug-likeness (QED) is 0.905. The minimum atomic E-state index is -0.752. The van der Waals surface area contributed by atoms with Crippen LogP contribution in [0.4, 0.5) is 0 Å². The van der Waals surface area contributed by atoms with E-state index in [1.807, 2.05) is 18.2 Å². The van der Waals surface area contributed by atoms with E-state index in [-0.39, 0.29) is 18.2 Å². The molecule has 4 nitrogen and oxygen atoms in total. The summed E-state index contributed by atoms with van der Waals surface area (Å²) in [5.74, 6) is 0.810. The molecule has 2 aliphatic rings. The fourth-order valence-corrected chi connectivity index (χ4v) is 3.20. The Morgan fingerprint density at radius 1 is 1.38 bits per heavy atom. The van der Waals surface area contributed by atoms with Gasteiger partial charge in [-0.1, -0.05) is 18.2 Å². The van der Waals surface area contributed by atoms with Crippen LogP contribution >= 0.6 is 0 Å². The van der Waals surface area contributed by atoms with Crippen LogP contribution in [0.5, 0.6) is 5.75 Å². The first-order chi connectivity index (χ1) is 9.94. The molecule has 0 bridgehead atoms. The lowest BCUT2D eigenvalue weighted by atomic mass is 9.88. The van der Waals surface area contributed by atoms with Crippen LogP contribution in [0.2, 0.25) is 0 Å². The van der Waals surface area contributed by atoms with Crippen molar-refractivity contribution in [2.24, 2.45) is 5.92 Å². The molecule has 1 N–H and O–H groups in total. The van der Waals surface area contributed by atoms with Gasteiger partial charge in [0.1, 0.15) is 11.4 Å². The fraction of sp³-hybridized carbons (Fsp3) is 0.588. The standard InChI is InChI=1S/C17H23NO3/c1-17(2)9-14(13-5-3-4-6-15(13)21-17)18(11-16(19)20)10-12-7-8-12/h3-6,12,14H,7-11H2,1-2H3,(H,19,20). The zero-order chi connectivity index (χ0) is 15.0. The van der Waals surface area contributed by atoms with E-state index in [4.69, 9.17) is 4.74 Å². The highest BCUT2D eigenvalue weighted by Gasteiger charge is 2.38. The number of fused-ring (bicyclic) bond motifs is 1. The van der Waals surface area contributed by atoms with Gasteiger partial charge in [-0.05, 0) is 38.7 Å². The Morgan fingerprint density at radius 2 is 2.10 bits per heavy atom. The van der Waals surface area contributed by atoms with Crippen LogP contribution in [0, 0.1) is 5.92 Å². The average Bonchev–Trinajstić information content (AvgIpc) is 3.19. The maximum Gasteiger partial charge on any atom is 0.317 e. The van der Waals surface area contributed by atoms with Crippen LogP contribution in [-0.2, 0) is 4.79 Å². The molecule has 1 heterocycles. The van der Waals surface area contributed by atoms with Crippen molar-refractivity contribution in [1.29, 1.82) is 0 Å². The number of rotatable bonds is 5. The predicted octanol–water partition coefficient (Wildman–Crippen LogP) is 3.09. The Hall–Kier alpha value is -1.55. The first-order valence-corrected chi connectivity index (χ1v) is 7.68. The first-order valence-electron chi connectivity index (χ1n) is 7.68. The van der Waals surface area contributed by atoms with Gasteiger partial charge in [0.15, 0.2) is 0 Å². The highest BCUT2D eigenvalue weighted by molar-refractivity contribution is 5.69. The second kappa shape index (κ2) is 5.34. The van der Waals surface area contributed by atoms with Gasteiger partial charge in [-0.3, -0.25) is 9.69 Å². The second-order valence-electron chi connectivity index (χ2n) is 6.89. The molecule has 0 amide bonds. The van der Waals surface area contributed by atoms with Gasteiger partial charge in [0.2, 0.25) is 0 Å². The Balaban J connectivity index is 1.91. The van der Waals surface area contributed by atoms with E-state index in [0.29, 0.717) is 5.92 Å². The SMILES string of the molecule is CC1(C)CC(N(CC(=O)O)CC2CC2)c2ccccc2O1. The number of aliphatic carboxylic acids is 1. The highest BCUT2D eigenvalue weighted by Crippen LogP contribution is 2.43. The molecule has 1 aliphatic carbocycles. The number of nitrogens with zero attached hydrogens (tertiary/aromatic N) is 1. The summed E-state index contributed by atoms with van der Waals surface area (Å²) >= 11 is 0. The molecular weight excluding hydrogens is 266 g/mol. The third-order valence-electron chi connectivity index (χ3n) is 4.32. The van der Waals surface area contributed by atoms with E-state index in [1.165, 1.54) is 12.8 Å². The van der Waals surface area contributed by atoms with Crippen molar-refractivity contribution in [3.8, 4) is 5.75 Å². The maximum absolute atomic E-state index is 11.3. The monoisotopic (exact) mass is 289 g/mol. The number of para-hydroxylation sites is 1. The summed E-state index contributed by atoms with van der Waals surface area (Å²) in [7, 11) is 0. The van der Waals surface area contributed by atoms with Crippen molar-refractivity contribution in [3.63, 3.8) is 0 Å². The van der Waals surface area contributed by atoms with Gasteiger partial charge >= 0.3 is 5.97 Å². The predicted molar refractivity (Wildman–Crippen MR) is 80.4 cm³/mol. The third kappa shape index (κ3) is 3.38. The van der Waals surface area contributed by atoms with E-state index in [0.717, 1.165) is 24.3 Å². The maximum atomic E-state index is 11.3. The van der Waals surface area contributed by atoms with Gasteiger partial charge in [-0.2, -0.15) is 0 Å². The first kappa shape index (κ1) is 14.4. The molecule has 114 valence electrons. The number of hydrogen-bond donors (Lipinski definition) is 1. The number of ether oxygens (including phenoxy) is 1. The van der Waals surface area contributed by atoms with Crippen LogP contribution in [0.15, 0.2) is 24.3 Å². The van der Waals surface area contributed by atoms with Gasteiger partial charge in [0.25, 0.3) is 0 Å². The normalized spacial score (nSPS) is 23.5. The summed E-state index contributed by atoms with van der Waals surface area (Å²) in [6, 6.07) is 8.15. The lowest BCUT2D eigenvalue weighted by Crippen LogP contribution is -2.43. The number of carbonyl (C=O) groups is 1. The van der Waals surface area contributed by atoms with Gasteiger partial charge in [0.05, 0.1) is 6.54 Å². The van der Waals surface area contributed by atoms with Crippen LogP contribution in [0.3, 0.4) is 0 Å². The highest BCUT2D eigenvalue weighted by atomic mass is 16.5. The van der Waals surface area contributed by atoms with Crippen LogP contribution in [-0.4, -0.2) is 34.7 Å². The molecule has 1 aliphatic heterocycles. The second-order valence-corrected chi connectivity index (χ2v) is 6.89. The van der Waals surface area contributed by atoms with Gasteiger partial charge in [-0.25, -0.2) is 0 Å². The molecule has 1 aromatic rings. The number of carboxylic acids is 1. The summed E-state index contributed by atoms with van der Waals surface area (Å²) < 4.78 is 6.05. The Labute approximate surface area is 125 Å². The largest absolute Gasteiger partial charge is 0.487 e. The van der Waals surface area contributed by atoms with E-state index < -0.39 is 5.97 Å². The Kier molecular flexibility index (Phi) is 3.66. The number of hydrogen-bond acceptors (Lipinski definition) is 3. The summed E-state index contributed by atoms with van der Waals surface area (Å²) in [5.41, 5.74) is 0.859. The molecule has 1 unspecified atom stereocenters. The van der Waals surface area contributed by atoms with E-state index in [9.17, 15) is 9.90 Å². The molecule has 0 radical (unpaired) electrons. The Bertz CT molecular complexity index is 537. The molecule has 1 atom stereocenters. The number of benzene rings is 1. The van der Waals surface area contributed by atoms with Crippen molar-refractivity contribution in [3.05, 3.63) is 29.8 Å². The van der Waals surface area contributed by atoms with E-state index in [1.54, 1.807) is 0 Å². The minimum Gasteiger partial charge on any atom is -0.487 e. The molecule has 3 rings (SSSR count). The molecule has 4 heteroatoms. The van der Waals surface area contributed by atoms with Crippen molar-refractivity contribution in [2.45, 2.75) is 44.8 Å². The lowest BCUT2D eigenvalue weighted by molar-refractivity contribution is -0.139. The van der Waals surface area contributed by atoms with Crippen molar-refractivity contribution >= 4 is 5.97 Å². The van der Waals surface area contributed by atoms with Crippen LogP contribution in [0.1, 0.15) is 44.7 Å². The van der Waals surface area contributed by atoms with E-state index in [2.05, 4.69) is 24.8 Å².